The van der Waals surface area contributed by atoms with E-state index in [0.717, 1.165) is 16.6 Å². The summed E-state index contributed by atoms with van der Waals surface area (Å²) in [6, 6.07) is 6.58. The predicted molar refractivity (Wildman–Crippen MR) is 82.1 cm³/mol. The summed E-state index contributed by atoms with van der Waals surface area (Å²) >= 11 is 3.54. The lowest BCUT2D eigenvalue weighted by molar-refractivity contribution is 0.221. The van der Waals surface area contributed by atoms with Crippen LogP contribution in [0, 0.1) is 5.41 Å². The van der Waals surface area contributed by atoms with Crippen LogP contribution in [0.25, 0.3) is 0 Å². The van der Waals surface area contributed by atoms with E-state index in [-0.39, 0.29) is 0 Å². The molecule has 0 aliphatic heterocycles. The molecule has 0 radical (unpaired) electrons. The summed E-state index contributed by atoms with van der Waals surface area (Å²) in [5.74, 6) is 6.66. The molecular formula is C15H23BrN2O. The average Bonchev–Trinajstić information content (AvgIpc) is 2.84. The second kappa shape index (κ2) is 6.25. The molecule has 1 aromatic carbocycles. The highest BCUT2D eigenvalue weighted by molar-refractivity contribution is 9.10. The Morgan fingerprint density at radius 2 is 2.11 bits per heavy atom. The molecule has 0 aromatic heterocycles. The van der Waals surface area contributed by atoms with Gasteiger partial charge in [-0.2, -0.15) is 0 Å². The van der Waals surface area contributed by atoms with Gasteiger partial charge in [-0.15, -0.1) is 0 Å². The summed E-state index contributed by atoms with van der Waals surface area (Å²) in [5.41, 5.74) is 4.64. The van der Waals surface area contributed by atoms with Gasteiger partial charge in [-0.1, -0.05) is 25.8 Å². The largest absolute Gasteiger partial charge is 0.496 e. The van der Waals surface area contributed by atoms with Crippen LogP contribution in [0.2, 0.25) is 0 Å². The molecule has 1 saturated carbocycles. The van der Waals surface area contributed by atoms with E-state index in [1.54, 1.807) is 7.11 Å². The normalized spacial score (nSPS) is 19.4. The molecule has 19 heavy (non-hydrogen) atoms. The minimum atomic E-state index is 0.321. The van der Waals surface area contributed by atoms with Gasteiger partial charge >= 0.3 is 0 Å². The number of hydrogen-bond acceptors (Lipinski definition) is 3. The standard InChI is InChI=1S/C15H23BrN2O/c1-15(7-3-4-8-15)14(18-17)10-11-5-6-13(19-2)12(16)9-11/h5-6,9,14,18H,3-4,7-8,10,17H2,1-2H3. The maximum atomic E-state index is 5.79. The molecule has 1 aliphatic carbocycles. The zero-order valence-corrected chi connectivity index (χ0v) is 13.3. The number of halogens is 1. The van der Waals surface area contributed by atoms with Gasteiger partial charge in [-0.25, -0.2) is 0 Å². The van der Waals surface area contributed by atoms with E-state index in [0.29, 0.717) is 11.5 Å². The highest BCUT2D eigenvalue weighted by Gasteiger charge is 2.36. The fourth-order valence-electron chi connectivity index (χ4n) is 3.11. The smallest absolute Gasteiger partial charge is 0.133 e. The van der Waals surface area contributed by atoms with E-state index in [4.69, 9.17) is 10.6 Å². The second-order valence-electron chi connectivity index (χ2n) is 5.75. The highest BCUT2D eigenvalue weighted by Crippen LogP contribution is 2.41. The topological polar surface area (TPSA) is 47.3 Å². The van der Waals surface area contributed by atoms with Crippen molar-refractivity contribution in [3.63, 3.8) is 0 Å². The Labute approximate surface area is 124 Å². The molecule has 2 rings (SSSR count). The van der Waals surface area contributed by atoms with Crippen molar-refractivity contribution in [1.82, 2.24) is 5.43 Å². The molecule has 1 aliphatic rings. The number of nitrogens with one attached hydrogen (secondary N) is 1. The van der Waals surface area contributed by atoms with Crippen LogP contribution >= 0.6 is 15.9 Å². The van der Waals surface area contributed by atoms with Crippen LogP contribution < -0.4 is 16.0 Å². The van der Waals surface area contributed by atoms with Crippen molar-refractivity contribution in [1.29, 1.82) is 0 Å². The first-order valence-electron chi connectivity index (χ1n) is 6.87. The van der Waals surface area contributed by atoms with E-state index in [2.05, 4.69) is 40.4 Å². The van der Waals surface area contributed by atoms with Crippen LogP contribution in [-0.4, -0.2) is 13.2 Å². The molecule has 0 bridgehead atoms. The van der Waals surface area contributed by atoms with E-state index < -0.39 is 0 Å². The Morgan fingerprint density at radius 1 is 1.42 bits per heavy atom. The lowest BCUT2D eigenvalue weighted by atomic mass is 9.78. The minimum Gasteiger partial charge on any atom is -0.496 e. The number of rotatable bonds is 5. The van der Waals surface area contributed by atoms with Crippen LogP contribution in [0.4, 0.5) is 0 Å². The van der Waals surface area contributed by atoms with Crippen LogP contribution in [0.15, 0.2) is 22.7 Å². The van der Waals surface area contributed by atoms with Crippen molar-refractivity contribution in [2.45, 2.75) is 45.1 Å². The zero-order valence-electron chi connectivity index (χ0n) is 11.7. The van der Waals surface area contributed by atoms with Gasteiger partial charge < -0.3 is 4.74 Å². The predicted octanol–water partition coefficient (Wildman–Crippen LogP) is 3.41. The third kappa shape index (κ3) is 3.30. The van der Waals surface area contributed by atoms with Crippen molar-refractivity contribution in [3.8, 4) is 5.75 Å². The number of benzene rings is 1. The fraction of sp³-hybridized carbons (Fsp3) is 0.600. The van der Waals surface area contributed by atoms with Gasteiger partial charge in [-0.05, 0) is 58.3 Å². The molecular weight excluding hydrogens is 304 g/mol. The first kappa shape index (κ1) is 14.8. The Morgan fingerprint density at radius 3 is 2.63 bits per heavy atom. The third-order valence-electron chi connectivity index (χ3n) is 4.44. The van der Waals surface area contributed by atoms with E-state index in [9.17, 15) is 0 Å². The van der Waals surface area contributed by atoms with Gasteiger partial charge in [-0.3, -0.25) is 11.3 Å². The van der Waals surface area contributed by atoms with Gasteiger partial charge in [0.25, 0.3) is 0 Å². The Hall–Kier alpha value is -0.580. The summed E-state index contributed by atoms with van der Waals surface area (Å²) in [6.45, 7) is 2.35. The summed E-state index contributed by atoms with van der Waals surface area (Å²) < 4.78 is 6.26. The van der Waals surface area contributed by atoms with Crippen LogP contribution in [0.1, 0.15) is 38.2 Å². The Balaban J connectivity index is 2.12. The second-order valence-corrected chi connectivity index (χ2v) is 6.61. The molecule has 0 heterocycles. The summed E-state index contributed by atoms with van der Waals surface area (Å²) in [5, 5.41) is 0. The molecule has 1 atom stereocenters. The highest BCUT2D eigenvalue weighted by atomic mass is 79.9. The van der Waals surface area contributed by atoms with Crippen molar-refractivity contribution >= 4 is 15.9 Å². The number of methoxy groups -OCH3 is 1. The monoisotopic (exact) mass is 326 g/mol. The van der Waals surface area contributed by atoms with Crippen LogP contribution in [0.3, 0.4) is 0 Å². The number of hydrazine groups is 1. The maximum absolute atomic E-state index is 5.79. The van der Waals surface area contributed by atoms with Gasteiger partial charge in [0.05, 0.1) is 11.6 Å². The lowest BCUT2D eigenvalue weighted by Gasteiger charge is -2.33. The lowest BCUT2D eigenvalue weighted by Crippen LogP contribution is -2.47. The average molecular weight is 327 g/mol. The molecule has 0 spiro atoms. The molecule has 3 N–H and O–H groups in total. The van der Waals surface area contributed by atoms with Crippen molar-refractivity contribution in [3.05, 3.63) is 28.2 Å². The minimum absolute atomic E-state index is 0.321. The molecule has 4 heteroatoms. The molecule has 0 amide bonds. The van der Waals surface area contributed by atoms with Crippen molar-refractivity contribution in [2.75, 3.05) is 7.11 Å². The van der Waals surface area contributed by atoms with Crippen molar-refractivity contribution in [2.24, 2.45) is 11.3 Å². The van der Waals surface area contributed by atoms with Crippen LogP contribution in [0.5, 0.6) is 5.75 Å². The number of nitrogens with two attached hydrogens (primary N) is 1. The zero-order chi connectivity index (χ0) is 13.9. The molecule has 1 fully saturated rings. The molecule has 0 saturated heterocycles. The molecule has 1 unspecified atom stereocenters. The third-order valence-corrected chi connectivity index (χ3v) is 5.06. The van der Waals surface area contributed by atoms with Crippen LogP contribution in [-0.2, 0) is 6.42 Å². The number of ether oxygens (including phenoxy) is 1. The molecule has 3 nitrogen and oxygen atoms in total. The fourth-order valence-corrected chi connectivity index (χ4v) is 3.70. The summed E-state index contributed by atoms with van der Waals surface area (Å²) in [7, 11) is 1.68. The van der Waals surface area contributed by atoms with Crippen molar-refractivity contribution < 1.29 is 4.74 Å². The van der Waals surface area contributed by atoms with Gasteiger partial charge in [0.15, 0.2) is 0 Å². The first-order chi connectivity index (χ1) is 9.09. The van der Waals surface area contributed by atoms with E-state index in [1.807, 2.05) is 6.07 Å². The SMILES string of the molecule is COc1ccc(CC(NN)C2(C)CCCC2)cc1Br. The Kier molecular flexibility index (Phi) is 4.87. The Bertz CT molecular complexity index is 430. The van der Waals surface area contributed by atoms with Gasteiger partial charge in [0.2, 0.25) is 0 Å². The van der Waals surface area contributed by atoms with Gasteiger partial charge in [0, 0.05) is 6.04 Å². The van der Waals surface area contributed by atoms with E-state index in [1.165, 1.54) is 31.2 Å². The summed E-state index contributed by atoms with van der Waals surface area (Å²) in [6.07, 6.45) is 6.12. The number of hydrogen-bond donors (Lipinski definition) is 2. The molecule has 106 valence electrons. The first-order valence-corrected chi connectivity index (χ1v) is 7.67. The maximum Gasteiger partial charge on any atom is 0.133 e. The molecule has 1 aromatic rings. The summed E-state index contributed by atoms with van der Waals surface area (Å²) in [4.78, 5) is 0. The quantitative estimate of drug-likeness (QED) is 0.643. The van der Waals surface area contributed by atoms with Gasteiger partial charge in [0.1, 0.15) is 5.75 Å². The van der Waals surface area contributed by atoms with E-state index >= 15 is 0 Å².